The van der Waals surface area contributed by atoms with Crippen LogP contribution in [0.2, 0.25) is 0 Å². The van der Waals surface area contributed by atoms with Crippen LogP contribution in [-0.4, -0.2) is 0 Å². The van der Waals surface area contributed by atoms with Gasteiger partial charge in [-0.3, -0.25) is 0 Å². The zero-order chi connectivity index (χ0) is 12.8. The van der Waals surface area contributed by atoms with Crippen molar-refractivity contribution in [2.75, 3.05) is 0 Å². The van der Waals surface area contributed by atoms with Gasteiger partial charge in [0.2, 0.25) is 0 Å². The van der Waals surface area contributed by atoms with Crippen molar-refractivity contribution >= 4 is 0 Å². The monoisotopic (exact) mass is 266 g/mol. The number of hydrogen-bond donors (Lipinski definition) is 0. The highest BCUT2D eigenvalue weighted by atomic mass is 14.6. The van der Waals surface area contributed by atoms with Gasteiger partial charge < -0.3 is 0 Å². The van der Waals surface area contributed by atoms with Crippen molar-refractivity contribution in [3.05, 3.63) is 23.3 Å². The van der Waals surface area contributed by atoms with Crippen LogP contribution in [0.25, 0.3) is 0 Å². The summed E-state index contributed by atoms with van der Waals surface area (Å²) in [6, 6.07) is 0. The van der Waals surface area contributed by atoms with Crippen molar-refractivity contribution in [3.63, 3.8) is 0 Å². The Kier molecular flexibility index (Phi) is 2.01. The first-order chi connectivity index (χ1) is 9.90. The molecule has 0 aromatic carbocycles. The molecule has 4 saturated carbocycles. The molecule has 0 N–H and O–H groups in total. The first kappa shape index (κ1) is 11.1. The van der Waals surface area contributed by atoms with Crippen LogP contribution in [0.4, 0.5) is 0 Å². The molecule has 0 bridgehead atoms. The molecule has 0 nitrogen and oxygen atoms in total. The van der Waals surface area contributed by atoms with E-state index >= 15 is 0 Å². The van der Waals surface area contributed by atoms with E-state index < -0.39 is 0 Å². The Balaban J connectivity index is 1.41. The van der Waals surface area contributed by atoms with Crippen LogP contribution in [0.15, 0.2) is 23.3 Å². The average molecular weight is 266 g/mol. The molecule has 20 heavy (non-hydrogen) atoms. The molecule has 6 aliphatic rings. The second kappa shape index (κ2) is 3.62. The van der Waals surface area contributed by atoms with Gasteiger partial charge in [-0.2, -0.15) is 0 Å². The SMILES string of the molecule is C1=C(C2=C[C@@H]3CC[C@H]4CC[C@H]2[C@H]43)[C@H]2CC[C@@H]3CC[C@@H]1[C@@H]32. The van der Waals surface area contributed by atoms with E-state index in [-0.39, 0.29) is 0 Å². The minimum absolute atomic E-state index is 0.987. The van der Waals surface area contributed by atoms with Crippen molar-refractivity contribution in [2.24, 2.45) is 47.3 Å². The lowest BCUT2D eigenvalue weighted by atomic mass is 9.82. The van der Waals surface area contributed by atoms with E-state index in [4.69, 9.17) is 0 Å². The summed E-state index contributed by atoms with van der Waals surface area (Å²) in [4.78, 5) is 0. The molecule has 8 atom stereocenters. The summed E-state index contributed by atoms with van der Waals surface area (Å²) >= 11 is 0. The summed E-state index contributed by atoms with van der Waals surface area (Å²) in [7, 11) is 0. The molecule has 0 heteroatoms. The molecule has 4 fully saturated rings. The van der Waals surface area contributed by atoms with Gasteiger partial charge in [-0.15, -0.1) is 0 Å². The quantitative estimate of drug-likeness (QED) is 0.628. The van der Waals surface area contributed by atoms with Gasteiger partial charge in [0.15, 0.2) is 0 Å². The normalized spacial score (nSPS) is 58.0. The number of rotatable bonds is 1. The molecule has 0 aromatic heterocycles. The van der Waals surface area contributed by atoms with Gasteiger partial charge in [0.25, 0.3) is 0 Å². The van der Waals surface area contributed by atoms with Crippen LogP contribution in [0.1, 0.15) is 51.4 Å². The van der Waals surface area contributed by atoms with E-state index in [1.807, 2.05) is 11.1 Å². The topological polar surface area (TPSA) is 0 Å². The van der Waals surface area contributed by atoms with Crippen molar-refractivity contribution < 1.29 is 0 Å². The van der Waals surface area contributed by atoms with Gasteiger partial charge in [-0.1, -0.05) is 12.2 Å². The first-order valence-corrected chi connectivity index (χ1v) is 9.34. The Morgan fingerprint density at radius 1 is 0.550 bits per heavy atom. The Bertz CT molecular complexity index is 476. The molecule has 0 heterocycles. The molecule has 6 rings (SSSR count). The molecule has 0 aliphatic heterocycles. The highest BCUT2D eigenvalue weighted by molar-refractivity contribution is 5.45. The third-order valence-corrected chi connectivity index (χ3v) is 8.36. The zero-order valence-corrected chi connectivity index (χ0v) is 12.4. The van der Waals surface area contributed by atoms with E-state index in [0.717, 1.165) is 47.3 Å². The molecule has 0 unspecified atom stereocenters. The Morgan fingerprint density at radius 2 is 1.00 bits per heavy atom. The molecule has 0 saturated heterocycles. The van der Waals surface area contributed by atoms with Crippen LogP contribution in [0.3, 0.4) is 0 Å². The molecule has 0 aromatic rings. The zero-order valence-electron chi connectivity index (χ0n) is 12.4. The second-order valence-electron chi connectivity index (χ2n) is 8.77. The summed E-state index contributed by atoms with van der Waals surface area (Å²) in [5.74, 6) is 8.36. The second-order valence-corrected chi connectivity index (χ2v) is 8.77. The highest BCUT2D eigenvalue weighted by Gasteiger charge is 2.54. The highest BCUT2D eigenvalue weighted by Crippen LogP contribution is 2.64. The number of allylic oxidation sites excluding steroid dienone is 4. The van der Waals surface area contributed by atoms with Gasteiger partial charge in [-0.05, 0) is 110 Å². The standard InChI is InChI=1S/C20H26/c1-3-13-9-17(15-7-5-11(1)19(13)15)18-10-14-4-2-12-6-8-16(18)20(12)14/h9-16,19-20H,1-8H2/t11-,12-,13-,14-,15+,16+,19+,20+/m0/s1. The fraction of sp³-hybridized carbons (Fsp3) is 0.800. The van der Waals surface area contributed by atoms with Crippen molar-refractivity contribution in [1.29, 1.82) is 0 Å². The summed E-state index contributed by atoms with van der Waals surface area (Å²) in [5, 5.41) is 0. The Labute approximate surface area is 122 Å². The van der Waals surface area contributed by atoms with Crippen molar-refractivity contribution in [2.45, 2.75) is 51.4 Å². The minimum Gasteiger partial charge on any atom is -0.0773 e. The fourth-order valence-corrected chi connectivity index (χ4v) is 7.83. The van der Waals surface area contributed by atoms with E-state index in [1.165, 1.54) is 25.7 Å². The van der Waals surface area contributed by atoms with Crippen molar-refractivity contribution in [3.8, 4) is 0 Å². The van der Waals surface area contributed by atoms with Gasteiger partial charge in [0, 0.05) is 0 Å². The van der Waals surface area contributed by atoms with Crippen LogP contribution in [0.5, 0.6) is 0 Å². The third kappa shape index (κ3) is 1.18. The summed E-state index contributed by atoms with van der Waals surface area (Å²) in [6.45, 7) is 0. The molecular weight excluding hydrogens is 240 g/mol. The summed E-state index contributed by atoms with van der Waals surface area (Å²) in [6.07, 6.45) is 17.9. The van der Waals surface area contributed by atoms with Gasteiger partial charge in [0.1, 0.15) is 0 Å². The maximum Gasteiger partial charge on any atom is -0.0126 e. The maximum atomic E-state index is 2.79. The predicted octanol–water partition coefficient (Wildman–Crippen LogP) is 4.97. The van der Waals surface area contributed by atoms with Gasteiger partial charge >= 0.3 is 0 Å². The van der Waals surface area contributed by atoms with Gasteiger partial charge in [-0.25, -0.2) is 0 Å². The Morgan fingerprint density at radius 3 is 1.50 bits per heavy atom. The molecule has 0 radical (unpaired) electrons. The lowest BCUT2D eigenvalue weighted by Crippen LogP contribution is -2.15. The lowest BCUT2D eigenvalue weighted by Gasteiger charge is -2.22. The maximum absolute atomic E-state index is 2.79. The van der Waals surface area contributed by atoms with E-state index in [2.05, 4.69) is 12.2 Å². The average Bonchev–Trinajstić information content (AvgIpc) is 3.18. The van der Waals surface area contributed by atoms with E-state index in [9.17, 15) is 0 Å². The van der Waals surface area contributed by atoms with Crippen LogP contribution < -0.4 is 0 Å². The Hall–Kier alpha value is -0.520. The van der Waals surface area contributed by atoms with Gasteiger partial charge in [0.05, 0.1) is 0 Å². The molecule has 6 aliphatic carbocycles. The predicted molar refractivity (Wildman–Crippen MR) is 81.0 cm³/mol. The van der Waals surface area contributed by atoms with Crippen molar-refractivity contribution in [1.82, 2.24) is 0 Å². The lowest BCUT2D eigenvalue weighted by molar-refractivity contribution is 0.356. The fourth-order valence-electron chi connectivity index (χ4n) is 7.83. The molecule has 0 amide bonds. The third-order valence-electron chi connectivity index (χ3n) is 8.36. The van der Waals surface area contributed by atoms with Crippen LogP contribution in [0, 0.1) is 47.3 Å². The largest absolute Gasteiger partial charge is 0.0773 e. The molecule has 106 valence electrons. The minimum atomic E-state index is 0.987. The van der Waals surface area contributed by atoms with Crippen LogP contribution >= 0.6 is 0 Å². The first-order valence-electron chi connectivity index (χ1n) is 9.34. The van der Waals surface area contributed by atoms with Crippen LogP contribution in [-0.2, 0) is 0 Å². The smallest absolute Gasteiger partial charge is 0.0126 e. The molecular formula is C20H26. The summed E-state index contributed by atoms with van der Waals surface area (Å²) in [5.41, 5.74) is 3.78. The van der Waals surface area contributed by atoms with E-state index in [0.29, 0.717) is 0 Å². The summed E-state index contributed by atoms with van der Waals surface area (Å²) < 4.78 is 0. The number of hydrogen-bond acceptors (Lipinski definition) is 0. The van der Waals surface area contributed by atoms with E-state index in [1.54, 1.807) is 25.7 Å². The molecule has 0 spiro atoms.